The summed E-state index contributed by atoms with van der Waals surface area (Å²) in [5.41, 5.74) is 0. The second kappa shape index (κ2) is 15.1. The summed E-state index contributed by atoms with van der Waals surface area (Å²) in [5.74, 6) is -5.66. The highest BCUT2D eigenvalue weighted by Crippen LogP contribution is 2.02. The first-order valence-corrected chi connectivity index (χ1v) is 9.25. The van der Waals surface area contributed by atoms with Gasteiger partial charge in [0.05, 0.1) is 32.7 Å². The molecule has 13 nitrogen and oxygen atoms in total. The standard InChI is InChI=1S/C17H29N3O10/c21-13(22)8-18(6-3-7-20(11-16(27)28)12-17(29)30)4-1-2-5-19(9-14(23)24)10-15(25)26/h1-12H2,(H,21,22)(H,23,24)(H,25,26)(H,27,28)(H,29,30). The Bertz CT molecular complexity index is 566. The van der Waals surface area contributed by atoms with Crippen LogP contribution in [0.1, 0.15) is 19.3 Å². The van der Waals surface area contributed by atoms with Gasteiger partial charge in [-0.05, 0) is 38.9 Å². The molecule has 0 amide bonds. The van der Waals surface area contributed by atoms with Gasteiger partial charge in [-0.25, -0.2) is 0 Å². The van der Waals surface area contributed by atoms with E-state index in [1.165, 1.54) is 9.80 Å². The quantitative estimate of drug-likeness (QED) is 0.147. The van der Waals surface area contributed by atoms with Gasteiger partial charge in [0, 0.05) is 6.54 Å². The van der Waals surface area contributed by atoms with Crippen molar-refractivity contribution in [2.24, 2.45) is 0 Å². The molecule has 0 saturated heterocycles. The maximum atomic E-state index is 11.0. The molecule has 0 fully saturated rings. The lowest BCUT2D eigenvalue weighted by atomic mass is 10.2. The first kappa shape index (κ1) is 27.2. The summed E-state index contributed by atoms with van der Waals surface area (Å²) >= 11 is 0. The SMILES string of the molecule is O=C(O)CN(CCCCN(CC(=O)O)CC(=O)O)CCCN(CC(=O)O)CC(=O)O. The molecular formula is C17H29N3O10. The molecule has 0 aliphatic rings. The van der Waals surface area contributed by atoms with Crippen molar-refractivity contribution in [1.82, 2.24) is 14.7 Å². The highest BCUT2D eigenvalue weighted by atomic mass is 16.4. The van der Waals surface area contributed by atoms with Crippen LogP contribution >= 0.6 is 0 Å². The maximum absolute atomic E-state index is 11.0. The van der Waals surface area contributed by atoms with Gasteiger partial charge in [-0.2, -0.15) is 0 Å². The Kier molecular flexibility index (Phi) is 13.7. The lowest BCUT2D eigenvalue weighted by Gasteiger charge is -2.23. The number of unbranched alkanes of at least 4 members (excludes halogenated alkanes) is 1. The van der Waals surface area contributed by atoms with Gasteiger partial charge in [-0.3, -0.25) is 38.7 Å². The molecule has 0 spiro atoms. The zero-order valence-corrected chi connectivity index (χ0v) is 16.6. The first-order valence-electron chi connectivity index (χ1n) is 9.25. The lowest BCUT2D eigenvalue weighted by molar-refractivity contribution is -0.143. The van der Waals surface area contributed by atoms with E-state index in [1.807, 2.05) is 0 Å². The zero-order chi connectivity index (χ0) is 23.1. The molecule has 0 aliphatic heterocycles. The van der Waals surface area contributed by atoms with Crippen molar-refractivity contribution in [2.45, 2.75) is 19.3 Å². The number of carboxylic acids is 5. The molecule has 0 aromatic rings. The molecule has 0 aromatic carbocycles. The Hall–Kier alpha value is -2.77. The van der Waals surface area contributed by atoms with E-state index < -0.39 is 56.0 Å². The van der Waals surface area contributed by atoms with Crippen molar-refractivity contribution >= 4 is 29.8 Å². The van der Waals surface area contributed by atoms with Crippen LogP contribution in [0.4, 0.5) is 0 Å². The Morgan fingerprint density at radius 2 is 0.633 bits per heavy atom. The van der Waals surface area contributed by atoms with Crippen LogP contribution in [0.2, 0.25) is 0 Å². The second-order valence-corrected chi connectivity index (χ2v) is 6.73. The third-order valence-electron chi connectivity index (χ3n) is 3.94. The molecule has 5 N–H and O–H groups in total. The van der Waals surface area contributed by atoms with Gasteiger partial charge in [0.1, 0.15) is 0 Å². The molecular weight excluding hydrogens is 406 g/mol. The predicted molar refractivity (Wildman–Crippen MR) is 101 cm³/mol. The van der Waals surface area contributed by atoms with Gasteiger partial charge in [-0.15, -0.1) is 0 Å². The summed E-state index contributed by atoms with van der Waals surface area (Å²) in [4.78, 5) is 58.3. The normalized spacial score (nSPS) is 11.2. The summed E-state index contributed by atoms with van der Waals surface area (Å²) in [6.07, 6.45) is 1.32. The first-order chi connectivity index (χ1) is 14.0. The fraction of sp³-hybridized carbons (Fsp3) is 0.706. The molecule has 0 aliphatic carbocycles. The van der Waals surface area contributed by atoms with Gasteiger partial charge in [0.15, 0.2) is 0 Å². The minimum absolute atomic E-state index is 0.166. The second-order valence-electron chi connectivity index (χ2n) is 6.73. The molecule has 0 rings (SSSR count). The fourth-order valence-electron chi connectivity index (χ4n) is 2.84. The Morgan fingerprint density at radius 3 is 0.967 bits per heavy atom. The van der Waals surface area contributed by atoms with E-state index >= 15 is 0 Å². The highest BCUT2D eigenvalue weighted by Gasteiger charge is 2.16. The van der Waals surface area contributed by atoms with Crippen LogP contribution in [0.5, 0.6) is 0 Å². The third-order valence-corrected chi connectivity index (χ3v) is 3.94. The molecule has 30 heavy (non-hydrogen) atoms. The van der Waals surface area contributed by atoms with Gasteiger partial charge in [0.25, 0.3) is 0 Å². The number of rotatable bonds is 19. The number of hydrogen-bond donors (Lipinski definition) is 5. The van der Waals surface area contributed by atoms with Gasteiger partial charge < -0.3 is 25.5 Å². The number of carbonyl (C=O) groups is 5. The summed E-state index contributed by atoms with van der Waals surface area (Å²) < 4.78 is 0. The van der Waals surface area contributed by atoms with Crippen molar-refractivity contribution in [1.29, 1.82) is 0 Å². The van der Waals surface area contributed by atoms with E-state index in [1.54, 1.807) is 4.90 Å². The van der Waals surface area contributed by atoms with E-state index in [2.05, 4.69) is 0 Å². The van der Waals surface area contributed by atoms with E-state index in [9.17, 15) is 24.0 Å². The Morgan fingerprint density at radius 1 is 0.400 bits per heavy atom. The molecule has 172 valence electrons. The van der Waals surface area contributed by atoms with E-state index in [0.717, 1.165) is 0 Å². The van der Waals surface area contributed by atoms with Crippen molar-refractivity contribution in [2.75, 3.05) is 58.9 Å². The van der Waals surface area contributed by atoms with Crippen molar-refractivity contribution < 1.29 is 49.5 Å². The molecule has 0 bridgehead atoms. The van der Waals surface area contributed by atoms with Gasteiger partial charge >= 0.3 is 29.8 Å². The minimum Gasteiger partial charge on any atom is -0.480 e. The summed E-state index contributed by atoms with van der Waals surface area (Å²) in [6.45, 7) is -0.894. The molecule has 0 saturated carbocycles. The molecule has 0 atom stereocenters. The molecule has 13 heteroatoms. The van der Waals surface area contributed by atoms with Crippen LogP contribution in [0.25, 0.3) is 0 Å². The van der Waals surface area contributed by atoms with Crippen LogP contribution in [0.3, 0.4) is 0 Å². The Labute approximate surface area is 173 Å². The van der Waals surface area contributed by atoms with E-state index in [0.29, 0.717) is 32.4 Å². The average Bonchev–Trinajstić information content (AvgIpc) is 2.55. The highest BCUT2D eigenvalue weighted by molar-refractivity contribution is 5.73. The number of carboxylic acid groups (broad SMARTS) is 5. The fourth-order valence-corrected chi connectivity index (χ4v) is 2.84. The van der Waals surface area contributed by atoms with Crippen molar-refractivity contribution in [3.8, 4) is 0 Å². The van der Waals surface area contributed by atoms with Gasteiger partial charge in [-0.1, -0.05) is 0 Å². The topological polar surface area (TPSA) is 196 Å². The van der Waals surface area contributed by atoms with E-state index in [-0.39, 0.29) is 19.6 Å². The summed E-state index contributed by atoms with van der Waals surface area (Å²) in [5, 5.41) is 44.3. The summed E-state index contributed by atoms with van der Waals surface area (Å²) in [6, 6.07) is 0. The lowest BCUT2D eigenvalue weighted by Crippen LogP contribution is -2.38. The molecule has 0 heterocycles. The monoisotopic (exact) mass is 435 g/mol. The smallest absolute Gasteiger partial charge is 0.317 e. The largest absolute Gasteiger partial charge is 0.480 e. The zero-order valence-electron chi connectivity index (χ0n) is 16.6. The maximum Gasteiger partial charge on any atom is 0.317 e. The molecule has 0 radical (unpaired) electrons. The predicted octanol–water partition coefficient (Wildman–Crippen LogP) is -1.51. The molecule has 0 aromatic heterocycles. The van der Waals surface area contributed by atoms with Crippen LogP contribution in [-0.2, 0) is 24.0 Å². The average molecular weight is 435 g/mol. The number of hydrogen-bond acceptors (Lipinski definition) is 8. The number of aliphatic carboxylic acids is 5. The van der Waals surface area contributed by atoms with Crippen molar-refractivity contribution in [3.63, 3.8) is 0 Å². The Balaban J connectivity index is 4.51. The van der Waals surface area contributed by atoms with Crippen LogP contribution in [0, 0.1) is 0 Å². The third kappa shape index (κ3) is 16.2. The van der Waals surface area contributed by atoms with Crippen LogP contribution in [0.15, 0.2) is 0 Å². The minimum atomic E-state index is -1.16. The van der Waals surface area contributed by atoms with E-state index in [4.69, 9.17) is 25.5 Å². The van der Waals surface area contributed by atoms with Gasteiger partial charge in [0.2, 0.25) is 0 Å². The summed E-state index contributed by atoms with van der Waals surface area (Å²) in [7, 11) is 0. The van der Waals surface area contributed by atoms with Crippen molar-refractivity contribution in [3.05, 3.63) is 0 Å². The van der Waals surface area contributed by atoms with Crippen LogP contribution in [-0.4, -0.2) is 129 Å². The molecule has 0 unspecified atom stereocenters. The van der Waals surface area contributed by atoms with Crippen LogP contribution < -0.4 is 0 Å². The number of nitrogens with zero attached hydrogens (tertiary/aromatic N) is 3.